The maximum absolute atomic E-state index is 11.6. The van der Waals surface area contributed by atoms with Crippen LogP contribution in [0.4, 0.5) is 0 Å². The van der Waals surface area contributed by atoms with Crippen molar-refractivity contribution >= 4 is 5.91 Å². The highest BCUT2D eigenvalue weighted by atomic mass is 16.3. The first-order chi connectivity index (χ1) is 7.44. The van der Waals surface area contributed by atoms with Gasteiger partial charge in [0, 0.05) is 6.54 Å². The number of nitrogens with two attached hydrogens (primary N) is 1. The Kier molecular flexibility index (Phi) is 4.74. The normalized spacial score (nSPS) is 21.8. The smallest absolute Gasteiger partial charge is 0.237 e. The molecule has 1 aliphatic rings. The summed E-state index contributed by atoms with van der Waals surface area (Å²) < 4.78 is 0. The first-order valence-corrected chi connectivity index (χ1v) is 6.20. The van der Waals surface area contributed by atoms with Gasteiger partial charge in [0.1, 0.15) is 0 Å². The van der Waals surface area contributed by atoms with Crippen molar-refractivity contribution in [2.75, 3.05) is 6.54 Å². The largest absolute Gasteiger partial charge is 0.388 e. The second-order valence-electron chi connectivity index (χ2n) is 5.27. The summed E-state index contributed by atoms with van der Waals surface area (Å²) in [4.78, 5) is 11.6. The molecule has 1 saturated carbocycles. The summed E-state index contributed by atoms with van der Waals surface area (Å²) in [6.45, 7) is 4.17. The van der Waals surface area contributed by atoms with Crippen LogP contribution in [-0.2, 0) is 4.79 Å². The molecule has 0 aliphatic heterocycles. The maximum atomic E-state index is 11.6. The van der Waals surface area contributed by atoms with E-state index in [-0.39, 0.29) is 11.8 Å². The molecular weight excluding hydrogens is 204 g/mol. The van der Waals surface area contributed by atoms with Gasteiger partial charge in [0.05, 0.1) is 11.6 Å². The number of aliphatic hydroxyl groups is 1. The van der Waals surface area contributed by atoms with Gasteiger partial charge in [0.15, 0.2) is 0 Å². The van der Waals surface area contributed by atoms with Crippen LogP contribution in [0.5, 0.6) is 0 Å². The van der Waals surface area contributed by atoms with Gasteiger partial charge in [0.25, 0.3) is 0 Å². The molecule has 0 unspecified atom stereocenters. The molecule has 4 N–H and O–H groups in total. The van der Waals surface area contributed by atoms with Crippen molar-refractivity contribution in [1.82, 2.24) is 5.32 Å². The molecule has 1 aliphatic carbocycles. The second kappa shape index (κ2) is 5.64. The highest BCUT2D eigenvalue weighted by molar-refractivity contribution is 5.81. The van der Waals surface area contributed by atoms with E-state index in [0.29, 0.717) is 6.54 Å². The Bertz CT molecular complexity index is 235. The van der Waals surface area contributed by atoms with Gasteiger partial charge >= 0.3 is 0 Å². The number of nitrogens with one attached hydrogen (secondary N) is 1. The molecule has 0 heterocycles. The molecule has 4 nitrogen and oxygen atoms in total. The molecule has 1 rings (SSSR count). The zero-order valence-electron chi connectivity index (χ0n) is 10.3. The van der Waals surface area contributed by atoms with E-state index in [1.807, 2.05) is 13.8 Å². The van der Waals surface area contributed by atoms with Crippen molar-refractivity contribution in [3.63, 3.8) is 0 Å². The molecule has 4 heteroatoms. The Morgan fingerprint density at radius 2 is 1.94 bits per heavy atom. The van der Waals surface area contributed by atoms with Crippen LogP contribution in [0.25, 0.3) is 0 Å². The standard InChI is InChI=1S/C12H24N2O2/c1-9(2)10(13)11(15)14-8-12(16)6-4-3-5-7-12/h9-10,16H,3-8,13H2,1-2H3,(H,14,15)/t10-/m1/s1. The molecule has 94 valence electrons. The molecule has 1 amide bonds. The van der Waals surface area contributed by atoms with Crippen LogP contribution < -0.4 is 11.1 Å². The lowest BCUT2D eigenvalue weighted by Crippen LogP contribution is -2.50. The van der Waals surface area contributed by atoms with E-state index in [9.17, 15) is 9.90 Å². The summed E-state index contributed by atoms with van der Waals surface area (Å²) in [5.41, 5.74) is 5.02. The van der Waals surface area contributed by atoms with Gasteiger partial charge in [-0.15, -0.1) is 0 Å². The van der Waals surface area contributed by atoms with Crippen LogP contribution in [0.1, 0.15) is 46.0 Å². The third-order valence-corrected chi connectivity index (χ3v) is 3.40. The van der Waals surface area contributed by atoms with E-state index in [0.717, 1.165) is 25.7 Å². The highest BCUT2D eigenvalue weighted by Crippen LogP contribution is 2.27. The number of rotatable bonds is 4. The molecule has 16 heavy (non-hydrogen) atoms. The van der Waals surface area contributed by atoms with Gasteiger partial charge in [-0.2, -0.15) is 0 Å². The highest BCUT2D eigenvalue weighted by Gasteiger charge is 2.30. The van der Waals surface area contributed by atoms with Gasteiger partial charge in [0.2, 0.25) is 5.91 Å². The van der Waals surface area contributed by atoms with Crippen LogP contribution in [-0.4, -0.2) is 29.2 Å². The van der Waals surface area contributed by atoms with E-state index in [1.165, 1.54) is 6.42 Å². The lowest BCUT2D eigenvalue weighted by molar-refractivity contribution is -0.124. The van der Waals surface area contributed by atoms with Crippen LogP contribution in [0, 0.1) is 5.92 Å². The average molecular weight is 228 g/mol. The number of carbonyl (C=O) groups excluding carboxylic acids is 1. The lowest BCUT2D eigenvalue weighted by Gasteiger charge is -2.32. The van der Waals surface area contributed by atoms with Crippen molar-refractivity contribution in [3.05, 3.63) is 0 Å². The predicted molar refractivity (Wildman–Crippen MR) is 63.9 cm³/mol. The van der Waals surface area contributed by atoms with Crippen LogP contribution in [0.2, 0.25) is 0 Å². The van der Waals surface area contributed by atoms with Gasteiger partial charge in [-0.3, -0.25) is 4.79 Å². The Morgan fingerprint density at radius 3 is 2.44 bits per heavy atom. The Hall–Kier alpha value is -0.610. The molecule has 0 aromatic heterocycles. The summed E-state index contributed by atoms with van der Waals surface area (Å²) in [6.07, 6.45) is 4.83. The fourth-order valence-corrected chi connectivity index (χ4v) is 2.06. The summed E-state index contributed by atoms with van der Waals surface area (Å²) in [6, 6.07) is -0.479. The topological polar surface area (TPSA) is 75.4 Å². The Balaban J connectivity index is 2.35. The number of carbonyl (C=O) groups is 1. The molecule has 0 bridgehead atoms. The Labute approximate surface area is 97.6 Å². The third kappa shape index (κ3) is 3.76. The summed E-state index contributed by atoms with van der Waals surface area (Å²) >= 11 is 0. The van der Waals surface area contributed by atoms with Crippen LogP contribution in [0.15, 0.2) is 0 Å². The molecule has 0 saturated heterocycles. The zero-order chi connectivity index (χ0) is 12.2. The number of amides is 1. The van der Waals surface area contributed by atoms with Gasteiger partial charge in [-0.1, -0.05) is 33.1 Å². The molecule has 1 atom stereocenters. The van der Waals surface area contributed by atoms with Crippen molar-refractivity contribution in [1.29, 1.82) is 0 Å². The molecule has 1 fully saturated rings. The predicted octanol–water partition coefficient (Wildman–Crippen LogP) is 0.781. The van der Waals surface area contributed by atoms with Crippen molar-refractivity contribution in [2.24, 2.45) is 11.7 Å². The number of hydrogen-bond acceptors (Lipinski definition) is 3. The van der Waals surface area contributed by atoms with Crippen LogP contribution >= 0.6 is 0 Å². The summed E-state index contributed by atoms with van der Waals surface area (Å²) in [7, 11) is 0. The molecule has 0 aromatic rings. The Morgan fingerprint density at radius 1 is 1.38 bits per heavy atom. The van der Waals surface area contributed by atoms with E-state index in [2.05, 4.69) is 5.32 Å². The molecular formula is C12H24N2O2. The van der Waals surface area contributed by atoms with Crippen molar-refractivity contribution < 1.29 is 9.90 Å². The number of hydrogen-bond donors (Lipinski definition) is 3. The van der Waals surface area contributed by atoms with Crippen molar-refractivity contribution in [2.45, 2.75) is 57.6 Å². The maximum Gasteiger partial charge on any atom is 0.237 e. The molecule has 0 spiro atoms. The van der Waals surface area contributed by atoms with E-state index in [1.54, 1.807) is 0 Å². The molecule has 0 radical (unpaired) electrons. The van der Waals surface area contributed by atoms with E-state index < -0.39 is 11.6 Å². The average Bonchev–Trinajstić information content (AvgIpc) is 2.26. The fourth-order valence-electron chi connectivity index (χ4n) is 2.06. The van der Waals surface area contributed by atoms with Crippen molar-refractivity contribution in [3.8, 4) is 0 Å². The monoisotopic (exact) mass is 228 g/mol. The first-order valence-electron chi connectivity index (χ1n) is 6.20. The van der Waals surface area contributed by atoms with Gasteiger partial charge in [-0.05, 0) is 18.8 Å². The quantitative estimate of drug-likeness (QED) is 0.665. The first kappa shape index (κ1) is 13.5. The zero-order valence-corrected chi connectivity index (χ0v) is 10.3. The second-order valence-corrected chi connectivity index (χ2v) is 5.27. The minimum atomic E-state index is -0.704. The summed E-state index contributed by atoms with van der Waals surface area (Å²) in [5.74, 6) is -0.0324. The third-order valence-electron chi connectivity index (χ3n) is 3.40. The minimum absolute atomic E-state index is 0.126. The fraction of sp³-hybridized carbons (Fsp3) is 0.917. The van der Waals surface area contributed by atoms with Gasteiger partial charge in [-0.25, -0.2) is 0 Å². The molecule has 0 aromatic carbocycles. The van der Waals surface area contributed by atoms with E-state index in [4.69, 9.17) is 5.73 Å². The van der Waals surface area contributed by atoms with Gasteiger partial charge < -0.3 is 16.2 Å². The lowest BCUT2D eigenvalue weighted by atomic mass is 9.85. The summed E-state index contributed by atoms with van der Waals surface area (Å²) in [5, 5.41) is 12.9. The SMILES string of the molecule is CC(C)[C@@H](N)C(=O)NCC1(O)CCCCC1. The van der Waals surface area contributed by atoms with E-state index >= 15 is 0 Å². The van der Waals surface area contributed by atoms with Crippen LogP contribution in [0.3, 0.4) is 0 Å². The minimum Gasteiger partial charge on any atom is -0.388 e.